The van der Waals surface area contributed by atoms with E-state index in [9.17, 15) is 4.79 Å². The average Bonchev–Trinajstić information content (AvgIpc) is 2.89. The highest BCUT2D eigenvalue weighted by Crippen LogP contribution is 2.29. The van der Waals surface area contributed by atoms with E-state index >= 15 is 0 Å². The molecule has 1 amide bonds. The second kappa shape index (κ2) is 7.88. The summed E-state index contributed by atoms with van der Waals surface area (Å²) in [6.45, 7) is 3.86. The van der Waals surface area contributed by atoms with Crippen LogP contribution < -0.4 is 10.6 Å². The molecule has 0 aromatic heterocycles. The first-order chi connectivity index (χ1) is 9.24. The van der Waals surface area contributed by atoms with E-state index in [1.807, 2.05) is 0 Å². The van der Waals surface area contributed by atoms with Gasteiger partial charge in [0.1, 0.15) is 0 Å². The Kier molecular flexibility index (Phi) is 6.15. The van der Waals surface area contributed by atoms with Crippen LogP contribution in [0.5, 0.6) is 0 Å². The largest absolute Gasteiger partial charge is 0.352 e. The minimum Gasteiger partial charge on any atom is -0.352 e. The Morgan fingerprint density at radius 2 is 1.74 bits per heavy atom. The monoisotopic (exact) mass is 266 g/mol. The number of carbonyl (C=O) groups excluding carboxylic acids is 1. The molecule has 0 bridgehead atoms. The van der Waals surface area contributed by atoms with E-state index in [4.69, 9.17) is 0 Å². The molecule has 0 unspecified atom stereocenters. The zero-order valence-electron chi connectivity index (χ0n) is 12.4. The molecule has 2 fully saturated rings. The Morgan fingerprint density at radius 3 is 2.42 bits per heavy atom. The summed E-state index contributed by atoms with van der Waals surface area (Å²) < 4.78 is 0. The fourth-order valence-corrected chi connectivity index (χ4v) is 3.47. The van der Waals surface area contributed by atoms with Crippen LogP contribution in [-0.2, 0) is 4.79 Å². The van der Waals surface area contributed by atoms with E-state index in [1.165, 1.54) is 57.8 Å². The van der Waals surface area contributed by atoms with Crippen LogP contribution >= 0.6 is 0 Å². The van der Waals surface area contributed by atoms with Crippen LogP contribution in [0.2, 0.25) is 0 Å². The number of nitrogens with one attached hydrogen (secondary N) is 2. The van der Waals surface area contributed by atoms with Crippen molar-refractivity contribution in [2.45, 2.75) is 70.8 Å². The highest BCUT2D eigenvalue weighted by Gasteiger charge is 2.18. The number of rotatable bonds is 6. The highest BCUT2D eigenvalue weighted by molar-refractivity contribution is 5.78. The summed E-state index contributed by atoms with van der Waals surface area (Å²) in [7, 11) is 0. The van der Waals surface area contributed by atoms with Crippen molar-refractivity contribution in [1.29, 1.82) is 0 Å². The molecule has 2 rings (SSSR count). The predicted octanol–water partition coefficient (Wildman–Crippen LogP) is 2.85. The SMILES string of the molecule is CC1CCC(CCNCC(=O)NC2CCCC2)CC1. The first kappa shape index (κ1) is 14.8. The van der Waals surface area contributed by atoms with Gasteiger partial charge in [0.15, 0.2) is 0 Å². The van der Waals surface area contributed by atoms with Gasteiger partial charge in [-0.05, 0) is 37.6 Å². The van der Waals surface area contributed by atoms with Gasteiger partial charge in [-0.2, -0.15) is 0 Å². The topological polar surface area (TPSA) is 41.1 Å². The molecular weight excluding hydrogens is 236 g/mol. The third-order valence-corrected chi connectivity index (χ3v) is 4.87. The lowest BCUT2D eigenvalue weighted by Gasteiger charge is -2.26. The van der Waals surface area contributed by atoms with Crippen LogP contribution in [0.1, 0.15) is 64.7 Å². The molecule has 0 heterocycles. The number of amides is 1. The third kappa shape index (κ3) is 5.52. The lowest BCUT2D eigenvalue weighted by atomic mass is 9.81. The van der Waals surface area contributed by atoms with Crippen molar-refractivity contribution in [1.82, 2.24) is 10.6 Å². The molecular formula is C16H30N2O. The van der Waals surface area contributed by atoms with E-state index in [2.05, 4.69) is 17.6 Å². The van der Waals surface area contributed by atoms with Crippen LogP contribution in [-0.4, -0.2) is 25.0 Å². The van der Waals surface area contributed by atoms with Gasteiger partial charge < -0.3 is 10.6 Å². The van der Waals surface area contributed by atoms with E-state index in [0.717, 1.165) is 18.4 Å². The smallest absolute Gasteiger partial charge is 0.234 e. The molecule has 0 aliphatic heterocycles. The van der Waals surface area contributed by atoms with Crippen molar-refractivity contribution < 1.29 is 4.79 Å². The standard InChI is InChI=1S/C16H30N2O/c1-13-6-8-14(9-7-13)10-11-17-12-16(19)18-15-4-2-3-5-15/h13-15,17H,2-12H2,1H3,(H,18,19). The van der Waals surface area contributed by atoms with Gasteiger partial charge in [-0.1, -0.05) is 45.4 Å². The van der Waals surface area contributed by atoms with Crippen LogP contribution in [0.4, 0.5) is 0 Å². The van der Waals surface area contributed by atoms with Gasteiger partial charge in [0.25, 0.3) is 0 Å². The van der Waals surface area contributed by atoms with Crippen molar-refractivity contribution >= 4 is 5.91 Å². The third-order valence-electron chi connectivity index (χ3n) is 4.87. The summed E-state index contributed by atoms with van der Waals surface area (Å²) in [6.07, 6.45) is 11.7. The maximum atomic E-state index is 11.7. The van der Waals surface area contributed by atoms with Crippen LogP contribution in [0, 0.1) is 11.8 Å². The molecule has 0 aromatic carbocycles. The number of carbonyl (C=O) groups is 1. The maximum Gasteiger partial charge on any atom is 0.234 e. The number of hydrogen-bond acceptors (Lipinski definition) is 2. The molecule has 0 atom stereocenters. The van der Waals surface area contributed by atoms with Gasteiger partial charge in [0.2, 0.25) is 5.91 Å². The van der Waals surface area contributed by atoms with Gasteiger partial charge in [0, 0.05) is 6.04 Å². The molecule has 2 aliphatic carbocycles. The Hall–Kier alpha value is -0.570. The van der Waals surface area contributed by atoms with Crippen molar-refractivity contribution in [3.05, 3.63) is 0 Å². The second-order valence-corrected chi connectivity index (χ2v) is 6.64. The average molecular weight is 266 g/mol. The summed E-state index contributed by atoms with van der Waals surface area (Å²) in [6, 6.07) is 0.453. The molecule has 19 heavy (non-hydrogen) atoms. The second-order valence-electron chi connectivity index (χ2n) is 6.64. The van der Waals surface area contributed by atoms with Crippen molar-refractivity contribution in [3.63, 3.8) is 0 Å². The summed E-state index contributed by atoms with van der Waals surface area (Å²) >= 11 is 0. The summed E-state index contributed by atoms with van der Waals surface area (Å²) in [5.41, 5.74) is 0. The van der Waals surface area contributed by atoms with Gasteiger partial charge in [-0.3, -0.25) is 4.79 Å². The van der Waals surface area contributed by atoms with Crippen LogP contribution in [0.15, 0.2) is 0 Å². The summed E-state index contributed by atoms with van der Waals surface area (Å²) in [5, 5.41) is 6.43. The van der Waals surface area contributed by atoms with Crippen LogP contribution in [0.25, 0.3) is 0 Å². The van der Waals surface area contributed by atoms with Gasteiger partial charge in [0.05, 0.1) is 6.54 Å². The quantitative estimate of drug-likeness (QED) is 0.726. The fraction of sp³-hybridized carbons (Fsp3) is 0.938. The Bertz CT molecular complexity index is 266. The maximum absolute atomic E-state index is 11.7. The molecule has 110 valence electrons. The fourth-order valence-electron chi connectivity index (χ4n) is 3.47. The predicted molar refractivity (Wildman–Crippen MR) is 79.0 cm³/mol. The summed E-state index contributed by atoms with van der Waals surface area (Å²) in [4.78, 5) is 11.7. The van der Waals surface area contributed by atoms with Gasteiger partial charge >= 0.3 is 0 Å². The van der Waals surface area contributed by atoms with E-state index in [-0.39, 0.29) is 5.91 Å². The van der Waals surface area contributed by atoms with Crippen molar-refractivity contribution in [3.8, 4) is 0 Å². The minimum absolute atomic E-state index is 0.184. The molecule has 3 nitrogen and oxygen atoms in total. The zero-order valence-corrected chi connectivity index (χ0v) is 12.4. The lowest BCUT2D eigenvalue weighted by Crippen LogP contribution is -2.39. The van der Waals surface area contributed by atoms with Gasteiger partial charge in [-0.25, -0.2) is 0 Å². The number of hydrogen-bond donors (Lipinski definition) is 2. The first-order valence-corrected chi connectivity index (χ1v) is 8.24. The Balaban J connectivity index is 1.48. The molecule has 2 N–H and O–H groups in total. The molecule has 0 saturated heterocycles. The molecule has 0 spiro atoms. The van der Waals surface area contributed by atoms with Crippen molar-refractivity contribution in [2.24, 2.45) is 11.8 Å². The molecule has 0 radical (unpaired) electrons. The Morgan fingerprint density at radius 1 is 1.05 bits per heavy atom. The van der Waals surface area contributed by atoms with E-state index in [1.54, 1.807) is 0 Å². The van der Waals surface area contributed by atoms with Crippen LogP contribution in [0.3, 0.4) is 0 Å². The Labute approximate surface area is 117 Å². The molecule has 0 aromatic rings. The summed E-state index contributed by atoms with van der Waals surface area (Å²) in [5.74, 6) is 2.01. The first-order valence-electron chi connectivity index (χ1n) is 8.24. The lowest BCUT2D eigenvalue weighted by molar-refractivity contribution is -0.120. The van der Waals surface area contributed by atoms with E-state index < -0.39 is 0 Å². The van der Waals surface area contributed by atoms with E-state index in [0.29, 0.717) is 12.6 Å². The normalized spacial score (nSPS) is 28.5. The minimum atomic E-state index is 0.184. The van der Waals surface area contributed by atoms with Crippen molar-refractivity contribution in [2.75, 3.05) is 13.1 Å². The molecule has 2 aliphatic rings. The molecule has 3 heteroatoms. The van der Waals surface area contributed by atoms with Gasteiger partial charge in [-0.15, -0.1) is 0 Å². The zero-order chi connectivity index (χ0) is 13.5. The molecule has 2 saturated carbocycles. The highest BCUT2D eigenvalue weighted by atomic mass is 16.1.